The number of esters is 1. The summed E-state index contributed by atoms with van der Waals surface area (Å²) in [6, 6.07) is 0. The zero-order valence-corrected chi connectivity index (χ0v) is 25.1. The van der Waals surface area contributed by atoms with Crippen LogP contribution in [0.4, 0.5) is 4.79 Å². The van der Waals surface area contributed by atoms with Crippen molar-refractivity contribution < 1.29 is 38.2 Å². The number of hydrogen-bond acceptors (Lipinski definition) is 9. The smallest absolute Gasteiger partial charge is 0.431 e. The van der Waals surface area contributed by atoms with Gasteiger partial charge in [-0.3, -0.25) is 19.2 Å². The highest BCUT2D eigenvalue weighted by Gasteiger charge is 2.31. The molecule has 3 aliphatic rings. The lowest BCUT2D eigenvalue weighted by molar-refractivity contribution is -0.169. The lowest BCUT2D eigenvalue weighted by atomic mass is 9.92. The molecule has 41 heavy (non-hydrogen) atoms. The Bertz CT molecular complexity index is 879. The number of halogens is 1. The maximum atomic E-state index is 13.1. The van der Waals surface area contributed by atoms with Crippen LogP contribution in [0.2, 0.25) is 0 Å². The van der Waals surface area contributed by atoms with Gasteiger partial charge in [-0.25, -0.2) is 4.79 Å². The molecule has 0 spiro atoms. The normalized spacial score (nSPS) is 21.4. The molecule has 3 atom stereocenters. The monoisotopic (exact) mass is 602 g/mol. The van der Waals surface area contributed by atoms with Crippen molar-refractivity contribution in [3.8, 4) is 0 Å². The molecule has 3 amide bonds. The number of carbonyl (C=O) groups is 5. The van der Waals surface area contributed by atoms with E-state index in [1.165, 1.54) is 13.8 Å². The van der Waals surface area contributed by atoms with E-state index in [9.17, 15) is 24.0 Å². The number of nitrogens with zero attached hydrogens (tertiary/aromatic N) is 1. The van der Waals surface area contributed by atoms with Gasteiger partial charge in [0.05, 0.1) is 12.3 Å². The standard InChI is InChI=1S/C28H46N4O8.ClH/c1-19(33)30-24(17-26(35)38-20(2)39-28(37)40-23-8-4-3-5-9-23)31-27(36)22-7-6-16-32(18-22)25(34)11-10-21-12-14-29-15-13-21;/h20-24,29H,3-18H2,1-2H3,(H,30,33)(H,31,36);1H/t20?,22-,24+;/m1./s1. The number of likely N-dealkylation sites (tertiary alicyclic amines) is 1. The predicted octanol–water partition coefficient (Wildman–Crippen LogP) is 2.77. The summed E-state index contributed by atoms with van der Waals surface area (Å²) in [5.74, 6) is -1.37. The third kappa shape index (κ3) is 12.8. The third-order valence-electron chi connectivity index (χ3n) is 7.81. The first kappa shape index (κ1) is 34.6. The zero-order valence-electron chi connectivity index (χ0n) is 24.3. The predicted molar refractivity (Wildman–Crippen MR) is 152 cm³/mol. The zero-order chi connectivity index (χ0) is 28.9. The minimum Gasteiger partial charge on any atom is -0.431 e. The number of nitrogens with one attached hydrogen (secondary N) is 3. The lowest BCUT2D eigenvalue weighted by Gasteiger charge is -2.33. The van der Waals surface area contributed by atoms with Gasteiger partial charge in [0.25, 0.3) is 0 Å². The van der Waals surface area contributed by atoms with E-state index in [-0.39, 0.29) is 36.7 Å². The summed E-state index contributed by atoms with van der Waals surface area (Å²) in [5.41, 5.74) is 0. The molecule has 0 aromatic rings. The summed E-state index contributed by atoms with van der Waals surface area (Å²) in [6.07, 6.45) is 5.84. The summed E-state index contributed by atoms with van der Waals surface area (Å²) in [4.78, 5) is 63.9. The molecule has 0 bridgehead atoms. The molecular weight excluding hydrogens is 556 g/mol. The van der Waals surface area contributed by atoms with E-state index >= 15 is 0 Å². The van der Waals surface area contributed by atoms with Gasteiger partial charge >= 0.3 is 12.1 Å². The fourth-order valence-corrected chi connectivity index (χ4v) is 5.65. The van der Waals surface area contributed by atoms with Gasteiger partial charge in [0, 0.05) is 33.4 Å². The van der Waals surface area contributed by atoms with Crippen LogP contribution < -0.4 is 16.0 Å². The number of ether oxygens (including phenoxy) is 3. The highest BCUT2D eigenvalue weighted by molar-refractivity contribution is 5.85. The second-order valence-electron chi connectivity index (χ2n) is 11.2. The van der Waals surface area contributed by atoms with E-state index in [2.05, 4.69) is 16.0 Å². The van der Waals surface area contributed by atoms with E-state index < -0.39 is 36.4 Å². The van der Waals surface area contributed by atoms with Crippen molar-refractivity contribution in [2.45, 2.75) is 109 Å². The van der Waals surface area contributed by atoms with Crippen LogP contribution in [-0.4, -0.2) is 79.5 Å². The van der Waals surface area contributed by atoms with Crippen LogP contribution in [0.25, 0.3) is 0 Å². The van der Waals surface area contributed by atoms with Gasteiger partial charge < -0.3 is 35.1 Å². The molecule has 2 heterocycles. The van der Waals surface area contributed by atoms with Crippen molar-refractivity contribution in [3.63, 3.8) is 0 Å². The maximum absolute atomic E-state index is 13.1. The van der Waals surface area contributed by atoms with Crippen molar-refractivity contribution in [2.75, 3.05) is 26.2 Å². The molecule has 0 aromatic carbocycles. The molecule has 13 heteroatoms. The Balaban J connectivity index is 0.00000588. The molecule has 1 saturated carbocycles. The number of hydrogen-bond donors (Lipinski definition) is 3. The van der Waals surface area contributed by atoms with Crippen LogP contribution in [0.5, 0.6) is 0 Å². The minimum absolute atomic E-state index is 0. The molecule has 0 aromatic heterocycles. The van der Waals surface area contributed by atoms with Crippen LogP contribution in [-0.2, 0) is 33.4 Å². The Hall–Kier alpha value is -2.60. The number of carbonyl (C=O) groups excluding carboxylic acids is 5. The first-order chi connectivity index (χ1) is 19.2. The van der Waals surface area contributed by atoms with Crippen LogP contribution in [0.15, 0.2) is 0 Å². The first-order valence-corrected chi connectivity index (χ1v) is 14.8. The highest BCUT2D eigenvalue weighted by atomic mass is 35.5. The molecule has 234 valence electrons. The fourth-order valence-electron chi connectivity index (χ4n) is 5.65. The minimum atomic E-state index is -1.19. The second-order valence-corrected chi connectivity index (χ2v) is 11.2. The summed E-state index contributed by atoms with van der Waals surface area (Å²) < 4.78 is 15.5. The number of amides is 3. The third-order valence-corrected chi connectivity index (χ3v) is 7.81. The summed E-state index contributed by atoms with van der Waals surface area (Å²) in [5, 5.41) is 8.59. The molecule has 3 rings (SSSR count). The summed E-state index contributed by atoms with van der Waals surface area (Å²) in [7, 11) is 0. The molecule has 3 fully saturated rings. The topological polar surface area (TPSA) is 152 Å². The lowest BCUT2D eigenvalue weighted by Crippen LogP contribution is -2.53. The van der Waals surface area contributed by atoms with Crippen LogP contribution >= 0.6 is 12.4 Å². The fraction of sp³-hybridized carbons (Fsp3) is 0.821. The quantitative estimate of drug-likeness (QED) is 0.239. The SMILES string of the molecule is CC(=O)N[C@H](CC(=O)OC(C)OC(=O)OC1CCCCC1)NC(=O)[C@@H]1CCCN(C(=O)CCC2CCNCC2)C1.Cl. The van der Waals surface area contributed by atoms with Crippen molar-refractivity contribution in [3.05, 3.63) is 0 Å². The van der Waals surface area contributed by atoms with Gasteiger partial charge in [-0.2, -0.15) is 0 Å². The van der Waals surface area contributed by atoms with Gasteiger partial charge in [-0.05, 0) is 76.8 Å². The first-order valence-electron chi connectivity index (χ1n) is 14.8. The largest absolute Gasteiger partial charge is 0.511 e. The molecule has 12 nitrogen and oxygen atoms in total. The van der Waals surface area contributed by atoms with E-state index in [1.54, 1.807) is 4.90 Å². The van der Waals surface area contributed by atoms with Gasteiger partial charge in [-0.15, -0.1) is 12.4 Å². The van der Waals surface area contributed by atoms with Crippen LogP contribution in [0, 0.1) is 11.8 Å². The molecule has 0 radical (unpaired) electrons. The maximum Gasteiger partial charge on any atom is 0.511 e. The molecule has 1 unspecified atom stereocenters. The Kier molecular flexibility index (Phi) is 15.2. The second kappa shape index (κ2) is 18.0. The Labute approximate surface area is 248 Å². The Morgan fingerprint density at radius 1 is 0.927 bits per heavy atom. The molecule has 3 N–H and O–H groups in total. The van der Waals surface area contributed by atoms with Crippen molar-refractivity contribution in [2.24, 2.45) is 11.8 Å². The van der Waals surface area contributed by atoms with Gasteiger partial charge in [0.2, 0.25) is 24.0 Å². The number of piperidine rings is 2. The number of rotatable bonds is 11. The van der Waals surface area contributed by atoms with E-state index in [4.69, 9.17) is 14.2 Å². The van der Waals surface area contributed by atoms with Gasteiger partial charge in [-0.1, -0.05) is 6.42 Å². The van der Waals surface area contributed by atoms with Gasteiger partial charge in [0.15, 0.2) is 0 Å². The van der Waals surface area contributed by atoms with Crippen molar-refractivity contribution >= 4 is 42.3 Å². The average Bonchev–Trinajstić information content (AvgIpc) is 2.92. The summed E-state index contributed by atoms with van der Waals surface area (Å²) in [6.45, 7) is 5.59. The molecule has 2 saturated heterocycles. The van der Waals surface area contributed by atoms with E-state index in [0.717, 1.165) is 64.5 Å². The highest BCUT2D eigenvalue weighted by Crippen LogP contribution is 2.22. The van der Waals surface area contributed by atoms with Crippen LogP contribution in [0.1, 0.15) is 90.9 Å². The van der Waals surface area contributed by atoms with Gasteiger partial charge in [0.1, 0.15) is 12.3 Å². The van der Waals surface area contributed by atoms with E-state index in [0.29, 0.717) is 38.3 Å². The average molecular weight is 603 g/mol. The molecular formula is C28H47ClN4O8. The van der Waals surface area contributed by atoms with Crippen molar-refractivity contribution in [1.29, 1.82) is 0 Å². The Morgan fingerprint density at radius 3 is 2.32 bits per heavy atom. The van der Waals surface area contributed by atoms with Crippen LogP contribution in [0.3, 0.4) is 0 Å². The van der Waals surface area contributed by atoms with Crippen molar-refractivity contribution in [1.82, 2.24) is 20.9 Å². The summed E-state index contributed by atoms with van der Waals surface area (Å²) >= 11 is 0. The molecule has 1 aliphatic carbocycles. The van der Waals surface area contributed by atoms with E-state index in [1.807, 2.05) is 0 Å². The molecule has 2 aliphatic heterocycles. The Morgan fingerprint density at radius 2 is 1.63 bits per heavy atom.